The van der Waals surface area contributed by atoms with E-state index in [1.54, 1.807) is 6.21 Å². The van der Waals surface area contributed by atoms with E-state index in [-0.39, 0.29) is 0 Å². The first-order valence-electron chi connectivity index (χ1n) is 4.83. The van der Waals surface area contributed by atoms with Crippen LogP contribution < -0.4 is 0 Å². The first kappa shape index (κ1) is 8.76. The molecule has 0 aromatic rings. The first-order valence-corrected chi connectivity index (χ1v) is 4.83. The smallest absolute Gasteiger partial charge is 0.00194 e. The molecule has 1 fully saturated rings. The molecule has 1 nitrogen and oxygen atoms in total. The van der Waals surface area contributed by atoms with Crippen LogP contribution in [0.15, 0.2) is 0 Å². The molecule has 0 saturated heterocycles. The lowest BCUT2D eigenvalue weighted by Gasteiger charge is -2.22. The maximum atomic E-state index is 7.10. The van der Waals surface area contributed by atoms with E-state index in [0.29, 0.717) is 5.92 Å². The van der Waals surface area contributed by atoms with Crippen LogP contribution in [0.2, 0.25) is 0 Å². The predicted molar refractivity (Wildman–Crippen MR) is 49.1 cm³/mol. The van der Waals surface area contributed by atoms with Crippen molar-refractivity contribution in [2.45, 2.75) is 45.4 Å². The molecule has 0 aliphatic heterocycles. The lowest BCUT2D eigenvalue weighted by molar-refractivity contribution is 0.322. The molecule has 1 saturated carbocycles. The van der Waals surface area contributed by atoms with Crippen molar-refractivity contribution < 1.29 is 0 Å². The molecule has 0 bridgehead atoms. The quantitative estimate of drug-likeness (QED) is 0.602. The number of hydrogen-bond acceptors (Lipinski definition) is 1. The highest BCUT2D eigenvalue weighted by Gasteiger charge is 2.14. The van der Waals surface area contributed by atoms with Crippen LogP contribution in [0.3, 0.4) is 0 Å². The Morgan fingerprint density at radius 1 is 1.36 bits per heavy atom. The van der Waals surface area contributed by atoms with Crippen LogP contribution in [0, 0.1) is 17.2 Å². The zero-order valence-electron chi connectivity index (χ0n) is 7.47. The fraction of sp³-hybridized carbons (Fsp3) is 0.900. The van der Waals surface area contributed by atoms with E-state index < -0.39 is 0 Å². The maximum absolute atomic E-state index is 7.10. The van der Waals surface area contributed by atoms with Gasteiger partial charge in [0.25, 0.3) is 0 Å². The number of rotatable bonds is 3. The Morgan fingerprint density at radius 2 is 2.00 bits per heavy atom. The zero-order valence-corrected chi connectivity index (χ0v) is 7.47. The predicted octanol–water partition coefficient (Wildman–Crippen LogP) is 3.24. The summed E-state index contributed by atoms with van der Waals surface area (Å²) in [6, 6.07) is 0. The molecule has 1 N–H and O–H groups in total. The summed E-state index contributed by atoms with van der Waals surface area (Å²) in [6.07, 6.45) is 9.97. The SMILES string of the molecule is CC(C=N)CC1CCCCC1. The highest BCUT2D eigenvalue weighted by atomic mass is 14.3. The monoisotopic (exact) mass is 153 g/mol. The molecule has 1 heteroatoms. The first-order chi connectivity index (χ1) is 5.33. The molecular formula is C10H19N. The van der Waals surface area contributed by atoms with Gasteiger partial charge >= 0.3 is 0 Å². The Bertz CT molecular complexity index is 114. The summed E-state index contributed by atoms with van der Waals surface area (Å²) in [4.78, 5) is 0. The van der Waals surface area contributed by atoms with Gasteiger partial charge in [0.15, 0.2) is 0 Å². The Labute approximate surface area is 69.7 Å². The van der Waals surface area contributed by atoms with Crippen LogP contribution in [0.4, 0.5) is 0 Å². The van der Waals surface area contributed by atoms with Gasteiger partial charge in [-0.25, -0.2) is 0 Å². The lowest BCUT2D eigenvalue weighted by atomic mass is 9.83. The molecule has 0 aromatic heterocycles. The second-order valence-electron chi connectivity index (χ2n) is 3.88. The highest BCUT2D eigenvalue weighted by Crippen LogP contribution is 2.28. The van der Waals surface area contributed by atoms with Crippen molar-refractivity contribution in [1.29, 1.82) is 5.41 Å². The van der Waals surface area contributed by atoms with Gasteiger partial charge in [-0.05, 0) is 24.5 Å². The summed E-state index contributed by atoms with van der Waals surface area (Å²) in [5, 5.41) is 7.10. The van der Waals surface area contributed by atoms with E-state index in [4.69, 9.17) is 5.41 Å². The summed E-state index contributed by atoms with van der Waals surface area (Å²) in [5.74, 6) is 1.44. The Morgan fingerprint density at radius 3 is 2.55 bits per heavy atom. The molecule has 0 spiro atoms. The van der Waals surface area contributed by atoms with Crippen molar-refractivity contribution in [3.8, 4) is 0 Å². The van der Waals surface area contributed by atoms with Gasteiger partial charge in [0.05, 0.1) is 0 Å². The van der Waals surface area contributed by atoms with Gasteiger partial charge in [0.1, 0.15) is 0 Å². The van der Waals surface area contributed by atoms with Crippen LogP contribution in [0.5, 0.6) is 0 Å². The van der Waals surface area contributed by atoms with E-state index in [2.05, 4.69) is 6.92 Å². The molecule has 64 valence electrons. The van der Waals surface area contributed by atoms with Crippen molar-refractivity contribution in [1.82, 2.24) is 0 Å². The van der Waals surface area contributed by atoms with E-state index in [1.165, 1.54) is 38.5 Å². The molecule has 1 aliphatic rings. The van der Waals surface area contributed by atoms with Crippen molar-refractivity contribution in [2.24, 2.45) is 11.8 Å². The van der Waals surface area contributed by atoms with Crippen molar-refractivity contribution in [3.63, 3.8) is 0 Å². The summed E-state index contributed by atoms with van der Waals surface area (Å²) < 4.78 is 0. The molecular weight excluding hydrogens is 134 g/mol. The molecule has 0 radical (unpaired) electrons. The number of hydrogen-bond donors (Lipinski definition) is 1. The molecule has 1 rings (SSSR count). The van der Waals surface area contributed by atoms with Crippen LogP contribution in [-0.2, 0) is 0 Å². The minimum absolute atomic E-state index is 0.512. The second kappa shape index (κ2) is 4.53. The van der Waals surface area contributed by atoms with Gasteiger partial charge in [-0.3, -0.25) is 0 Å². The third kappa shape index (κ3) is 3.04. The van der Waals surface area contributed by atoms with Gasteiger partial charge in [-0.1, -0.05) is 39.0 Å². The summed E-state index contributed by atoms with van der Waals surface area (Å²) in [7, 11) is 0. The van der Waals surface area contributed by atoms with Gasteiger partial charge in [0, 0.05) is 0 Å². The van der Waals surface area contributed by atoms with Gasteiger partial charge in [-0.15, -0.1) is 0 Å². The summed E-state index contributed by atoms with van der Waals surface area (Å²) in [6.45, 7) is 2.15. The zero-order chi connectivity index (χ0) is 8.10. The third-order valence-electron chi connectivity index (χ3n) is 2.71. The molecule has 11 heavy (non-hydrogen) atoms. The van der Waals surface area contributed by atoms with Crippen LogP contribution >= 0.6 is 0 Å². The Kier molecular flexibility index (Phi) is 3.61. The lowest BCUT2D eigenvalue weighted by Crippen LogP contribution is -2.10. The standard InChI is InChI=1S/C10H19N/c1-9(8-11)7-10-5-3-2-4-6-10/h8-11H,2-7H2,1H3. The summed E-state index contributed by atoms with van der Waals surface area (Å²) in [5.41, 5.74) is 0. The topological polar surface area (TPSA) is 23.9 Å². The minimum Gasteiger partial charge on any atom is -0.313 e. The second-order valence-corrected chi connectivity index (χ2v) is 3.88. The molecule has 0 heterocycles. The van der Waals surface area contributed by atoms with Gasteiger partial charge in [-0.2, -0.15) is 0 Å². The Hall–Kier alpha value is -0.330. The molecule has 1 unspecified atom stereocenters. The van der Waals surface area contributed by atoms with E-state index in [9.17, 15) is 0 Å². The van der Waals surface area contributed by atoms with Gasteiger partial charge < -0.3 is 5.41 Å². The summed E-state index contributed by atoms with van der Waals surface area (Å²) >= 11 is 0. The highest BCUT2D eigenvalue weighted by molar-refractivity contribution is 5.55. The van der Waals surface area contributed by atoms with E-state index in [0.717, 1.165) is 5.92 Å². The van der Waals surface area contributed by atoms with Crippen LogP contribution in [0.1, 0.15) is 45.4 Å². The third-order valence-corrected chi connectivity index (χ3v) is 2.71. The molecule has 0 amide bonds. The van der Waals surface area contributed by atoms with Crippen molar-refractivity contribution in [3.05, 3.63) is 0 Å². The Balaban J connectivity index is 2.18. The molecule has 1 aliphatic carbocycles. The fourth-order valence-corrected chi connectivity index (χ4v) is 2.02. The fourth-order valence-electron chi connectivity index (χ4n) is 2.02. The minimum atomic E-state index is 0.512. The van der Waals surface area contributed by atoms with E-state index in [1.807, 2.05) is 0 Å². The van der Waals surface area contributed by atoms with Crippen molar-refractivity contribution >= 4 is 6.21 Å². The molecule has 1 atom stereocenters. The van der Waals surface area contributed by atoms with Crippen molar-refractivity contribution in [2.75, 3.05) is 0 Å². The largest absolute Gasteiger partial charge is 0.313 e. The van der Waals surface area contributed by atoms with Gasteiger partial charge in [0.2, 0.25) is 0 Å². The van der Waals surface area contributed by atoms with Crippen LogP contribution in [-0.4, -0.2) is 6.21 Å². The number of nitrogens with one attached hydrogen (secondary N) is 1. The maximum Gasteiger partial charge on any atom is -0.00194 e. The average molecular weight is 153 g/mol. The van der Waals surface area contributed by atoms with E-state index >= 15 is 0 Å². The van der Waals surface area contributed by atoms with Crippen LogP contribution in [0.25, 0.3) is 0 Å². The normalized spacial score (nSPS) is 23.0. The molecule has 0 aromatic carbocycles. The average Bonchev–Trinajstić information content (AvgIpc) is 2.06.